The molecule has 2 aromatic heterocycles. The Hall–Kier alpha value is -2.08. The number of nitrogens with one attached hydrogen (secondary N) is 1. The topological polar surface area (TPSA) is 53.9 Å². The van der Waals surface area contributed by atoms with Crippen molar-refractivity contribution >= 4 is 5.82 Å². The second-order valence-electron chi connectivity index (χ2n) is 5.57. The molecular formula is C16H20FN5. The first kappa shape index (κ1) is 14.8. The normalized spacial score (nSPS) is 18.6. The number of aryl methyl sites for hydroxylation is 1. The minimum Gasteiger partial charge on any atom is -0.373 e. The van der Waals surface area contributed by atoms with E-state index in [9.17, 15) is 4.39 Å². The summed E-state index contributed by atoms with van der Waals surface area (Å²) in [4.78, 5) is 15.5. The summed E-state index contributed by atoms with van der Waals surface area (Å²) in [6, 6.07) is 5.48. The van der Waals surface area contributed by atoms with Gasteiger partial charge >= 0.3 is 0 Å². The molecule has 2 aromatic rings. The van der Waals surface area contributed by atoms with Crippen molar-refractivity contribution in [1.29, 1.82) is 0 Å². The summed E-state index contributed by atoms with van der Waals surface area (Å²) in [6.45, 7) is 3.62. The van der Waals surface area contributed by atoms with Crippen LogP contribution in [0.4, 0.5) is 10.2 Å². The molecular weight excluding hydrogens is 281 g/mol. The quantitative estimate of drug-likeness (QED) is 0.941. The van der Waals surface area contributed by atoms with Crippen LogP contribution in [0, 0.1) is 12.7 Å². The molecule has 5 nitrogen and oxygen atoms in total. The number of nitrogens with zero attached hydrogens (tertiary/aromatic N) is 4. The summed E-state index contributed by atoms with van der Waals surface area (Å²) in [6.07, 6.45) is 3.47. The molecule has 6 heteroatoms. The Bertz CT molecular complexity index is 643. The number of likely N-dealkylation sites (tertiary alicyclic amines) is 1. The van der Waals surface area contributed by atoms with E-state index < -0.39 is 0 Å². The summed E-state index contributed by atoms with van der Waals surface area (Å²) in [5.74, 6) is 1.31. The highest BCUT2D eigenvalue weighted by molar-refractivity contribution is 5.36. The molecule has 1 aliphatic heterocycles. The van der Waals surface area contributed by atoms with Crippen molar-refractivity contribution in [3.05, 3.63) is 47.4 Å². The lowest BCUT2D eigenvalue weighted by molar-refractivity contribution is 0.241. The van der Waals surface area contributed by atoms with Crippen LogP contribution in [0.3, 0.4) is 0 Å². The monoisotopic (exact) mass is 301 g/mol. The van der Waals surface area contributed by atoms with Crippen molar-refractivity contribution in [3.63, 3.8) is 0 Å². The third-order valence-corrected chi connectivity index (χ3v) is 3.97. The molecule has 116 valence electrons. The van der Waals surface area contributed by atoms with Gasteiger partial charge in [-0.2, -0.15) is 0 Å². The fourth-order valence-corrected chi connectivity index (χ4v) is 2.95. The van der Waals surface area contributed by atoms with Crippen molar-refractivity contribution in [2.24, 2.45) is 0 Å². The summed E-state index contributed by atoms with van der Waals surface area (Å²) < 4.78 is 13.0. The number of hydrogen-bond acceptors (Lipinski definition) is 5. The standard InChI is InChI=1S/C16H20FN5/c1-11-20-14(8-16(18-2)21-11)15-4-3-7-22(15)10-13-6-5-12(17)9-19-13/h5-6,8-9,15H,3-4,7,10H2,1-2H3,(H,18,20,21). The van der Waals surface area contributed by atoms with E-state index in [1.165, 1.54) is 12.3 Å². The molecule has 3 rings (SSSR count). The van der Waals surface area contributed by atoms with Crippen molar-refractivity contribution < 1.29 is 4.39 Å². The van der Waals surface area contributed by atoms with E-state index in [1.54, 1.807) is 6.07 Å². The van der Waals surface area contributed by atoms with Crippen LogP contribution < -0.4 is 5.32 Å². The van der Waals surface area contributed by atoms with Crippen LogP contribution in [-0.4, -0.2) is 33.4 Å². The average Bonchev–Trinajstić information content (AvgIpc) is 2.97. The SMILES string of the molecule is CNc1cc(C2CCCN2Cc2ccc(F)cn2)nc(C)n1. The second-order valence-corrected chi connectivity index (χ2v) is 5.57. The largest absolute Gasteiger partial charge is 0.373 e. The Morgan fingerprint density at radius 3 is 2.95 bits per heavy atom. The average molecular weight is 301 g/mol. The van der Waals surface area contributed by atoms with Crippen LogP contribution in [0.25, 0.3) is 0 Å². The van der Waals surface area contributed by atoms with Crippen molar-refractivity contribution in [2.75, 3.05) is 18.9 Å². The summed E-state index contributed by atoms with van der Waals surface area (Å²) in [5.41, 5.74) is 1.92. The fourth-order valence-electron chi connectivity index (χ4n) is 2.95. The van der Waals surface area contributed by atoms with Gasteiger partial charge < -0.3 is 5.32 Å². The predicted octanol–water partition coefficient (Wildman–Crippen LogP) is 2.70. The van der Waals surface area contributed by atoms with Gasteiger partial charge in [-0.15, -0.1) is 0 Å². The van der Waals surface area contributed by atoms with Crippen LogP contribution in [0.2, 0.25) is 0 Å². The zero-order valence-corrected chi connectivity index (χ0v) is 12.9. The van der Waals surface area contributed by atoms with Gasteiger partial charge in [0, 0.05) is 19.7 Å². The summed E-state index contributed by atoms with van der Waals surface area (Å²) in [7, 11) is 1.86. The number of aromatic nitrogens is 3. The third kappa shape index (κ3) is 3.22. The van der Waals surface area contributed by atoms with E-state index in [-0.39, 0.29) is 11.9 Å². The third-order valence-electron chi connectivity index (χ3n) is 3.97. The lowest BCUT2D eigenvalue weighted by Crippen LogP contribution is -2.24. The zero-order chi connectivity index (χ0) is 15.5. The van der Waals surface area contributed by atoms with Crippen molar-refractivity contribution in [3.8, 4) is 0 Å². The molecule has 1 fully saturated rings. The van der Waals surface area contributed by atoms with Gasteiger partial charge in [-0.05, 0) is 38.4 Å². The lowest BCUT2D eigenvalue weighted by Gasteiger charge is -2.24. The molecule has 1 saturated heterocycles. The summed E-state index contributed by atoms with van der Waals surface area (Å²) in [5, 5.41) is 3.08. The molecule has 0 bridgehead atoms. The Kier molecular flexibility index (Phi) is 4.29. The number of halogens is 1. The van der Waals surface area contributed by atoms with Crippen LogP contribution in [0.15, 0.2) is 24.4 Å². The Balaban J connectivity index is 1.80. The molecule has 22 heavy (non-hydrogen) atoms. The number of rotatable bonds is 4. The van der Waals surface area contributed by atoms with Gasteiger partial charge in [-0.1, -0.05) is 0 Å². The maximum Gasteiger partial charge on any atom is 0.141 e. The van der Waals surface area contributed by atoms with Gasteiger partial charge in [-0.3, -0.25) is 9.88 Å². The molecule has 0 amide bonds. The van der Waals surface area contributed by atoms with E-state index in [2.05, 4.69) is 25.2 Å². The van der Waals surface area contributed by atoms with Crippen LogP contribution in [-0.2, 0) is 6.54 Å². The van der Waals surface area contributed by atoms with Gasteiger partial charge in [0.2, 0.25) is 0 Å². The molecule has 0 spiro atoms. The molecule has 3 heterocycles. The molecule has 0 radical (unpaired) electrons. The highest BCUT2D eigenvalue weighted by atomic mass is 19.1. The van der Waals surface area contributed by atoms with Gasteiger partial charge in [0.15, 0.2) is 0 Å². The highest BCUT2D eigenvalue weighted by Crippen LogP contribution is 2.32. The smallest absolute Gasteiger partial charge is 0.141 e. The van der Waals surface area contributed by atoms with E-state index in [1.807, 2.05) is 20.0 Å². The minimum atomic E-state index is -0.299. The fraction of sp³-hybridized carbons (Fsp3) is 0.438. The number of pyridine rings is 1. The molecule has 0 aromatic carbocycles. The van der Waals surface area contributed by atoms with Crippen molar-refractivity contribution in [2.45, 2.75) is 32.4 Å². The van der Waals surface area contributed by atoms with E-state index in [0.717, 1.165) is 42.4 Å². The minimum absolute atomic E-state index is 0.264. The molecule has 0 saturated carbocycles. The van der Waals surface area contributed by atoms with Crippen LogP contribution in [0.5, 0.6) is 0 Å². The Morgan fingerprint density at radius 2 is 2.23 bits per heavy atom. The zero-order valence-electron chi connectivity index (χ0n) is 12.9. The Labute approximate surface area is 129 Å². The number of hydrogen-bond donors (Lipinski definition) is 1. The second kappa shape index (κ2) is 6.36. The van der Waals surface area contributed by atoms with Crippen molar-refractivity contribution in [1.82, 2.24) is 19.9 Å². The van der Waals surface area contributed by atoms with E-state index in [4.69, 9.17) is 0 Å². The van der Waals surface area contributed by atoms with Gasteiger partial charge in [-0.25, -0.2) is 14.4 Å². The maximum absolute atomic E-state index is 13.0. The van der Waals surface area contributed by atoms with Crippen LogP contribution in [0.1, 0.15) is 36.1 Å². The first-order chi connectivity index (χ1) is 10.7. The van der Waals surface area contributed by atoms with Gasteiger partial charge in [0.1, 0.15) is 17.5 Å². The van der Waals surface area contributed by atoms with Crippen LogP contribution >= 0.6 is 0 Å². The van der Waals surface area contributed by atoms with Gasteiger partial charge in [0.05, 0.1) is 23.6 Å². The summed E-state index contributed by atoms with van der Waals surface area (Å²) >= 11 is 0. The molecule has 1 atom stereocenters. The van der Waals surface area contributed by atoms with Gasteiger partial charge in [0.25, 0.3) is 0 Å². The Morgan fingerprint density at radius 1 is 1.36 bits per heavy atom. The van der Waals surface area contributed by atoms with E-state index in [0.29, 0.717) is 6.54 Å². The first-order valence-corrected chi connectivity index (χ1v) is 7.53. The number of anilines is 1. The predicted molar refractivity (Wildman–Crippen MR) is 82.9 cm³/mol. The molecule has 0 aliphatic carbocycles. The molecule has 1 aliphatic rings. The first-order valence-electron chi connectivity index (χ1n) is 7.53. The molecule has 1 N–H and O–H groups in total. The van der Waals surface area contributed by atoms with E-state index >= 15 is 0 Å². The highest BCUT2D eigenvalue weighted by Gasteiger charge is 2.28. The molecule has 1 unspecified atom stereocenters. The lowest BCUT2D eigenvalue weighted by atomic mass is 10.1. The maximum atomic E-state index is 13.0.